The normalized spacial score (nSPS) is 16.2. The van der Waals surface area contributed by atoms with Gasteiger partial charge >= 0.3 is 6.18 Å². The van der Waals surface area contributed by atoms with Gasteiger partial charge in [0.2, 0.25) is 0 Å². The fraction of sp³-hybridized carbons (Fsp3) is 0.455. The van der Waals surface area contributed by atoms with E-state index in [2.05, 4.69) is 4.98 Å². The van der Waals surface area contributed by atoms with E-state index in [-0.39, 0.29) is 17.8 Å². The van der Waals surface area contributed by atoms with E-state index in [9.17, 15) is 18.0 Å². The fourth-order valence-electron chi connectivity index (χ4n) is 1.73. The van der Waals surface area contributed by atoms with Crippen LogP contribution in [0.2, 0.25) is 0 Å². The number of nitrogens with zero attached hydrogens (tertiary/aromatic N) is 1. The van der Waals surface area contributed by atoms with Gasteiger partial charge in [-0.25, -0.2) is 0 Å². The molecule has 0 bridgehead atoms. The summed E-state index contributed by atoms with van der Waals surface area (Å²) in [5, 5.41) is 0. The molecule has 16 heavy (non-hydrogen) atoms. The van der Waals surface area contributed by atoms with Gasteiger partial charge in [-0.3, -0.25) is 9.78 Å². The second kappa shape index (κ2) is 3.57. The summed E-state index contributed by atoms with van der Waals surface area (Å²) < 4.78 is 38.1. The molecule has 2 nitrogen and oxygen atoms in total. The van der Waals surface area contributed by atoms with Crippen LogP contribution in [-0.4, -0.2) is 11.3 Å². The molecular weight excluding hydrogens is 219 g/mol. The Morgan fingerprint density at radius 3 is 2.50 bits per heavy atom. The SMILES string of the molecule is Cc1cc(C(F)(F)F)c(C=O)c(C2CC2)n1. The quantitative estimate of drug-likeness (QED) is 0.729. The Kier molecular flexibility index (Phi) is 2.48. The average molecular weight is 229 g/mol. The minimum atomic E-state index is -4.49. The van der Waals surface area contributed by atoms with E-state index in [0.29, 0.717) is 11.4 Å². The first kappa shape index (κ1) is 11.1. The number of pyridine rings is 1. The van der Waals surface area contributed by atoms with Crippen LogP contribution >= 0.6 is 0 Å². The Labute approximate surface area is 90.5 Å². The zero-order valence-electron chi connectivity index (χ0n) is 8.64. The van der Waals surface area contributed by atoms with Crippen LogP contribution in [0.4, 0.5) is 13.2 Å². The molecule has 1 fully saturated rings. The third-order valence-corrected chi connectivity index (χ3v) is 2.60. The largest absolute Gasteiger partial charge is 0.417 e. The number of aromatic nitrogens is 1. The second-order valence-corrected chi connectivity index (χ2v) is 4.00. The third kappa shape index (κ3) is 1.94. The standard InChI is InChI=1S/C11H10F3NO/c1-6-4-9(11(12,13)14)8(5-16)10(15-6)7-2-3-7/h4-5,7H,2-3H2,1H3. The molecule has 1 saturated carbocycles. The number of aldehydes is 1. The first-order valence-corrected chi connectivity index (χ1v) is 4.97. The molecule has 0 aromatic carbocycles. The van der Waals surface area contributed by atoms with Gasteiger partial charge in [-0.05, 0) is 25.8 Å². The van der Waals surface area contributed by atoms with Gasteiger partial charge in [-0.1, -0.05) is 0 Å². The van der Waals surface area contributed by atoms with Crippen molar-refractivity contribution >= 4 is 6.29 Å². The van der Waals surface area contributed by atoms with Gasteiger partial charge in [0.15, 0.2) is 6.29 Å². The number of carbonyl (C=O) groups is 1. The predicted octanol–water partition coefficient (Wildman–Crippen LogP) is 3.10. The van der Waals surface area contributed by atoms with E-state index in [4.69, 9.17) is 0 Å². The molecule has 0 unspecified atom stereocenters. The van der Waals surface area contributed by atoms with Crippen molar-refractivity contribution in [1.29, 1.82) is 0 Å². The second-order valence-electron chi connectivity index (χ2n) is 4.00. The van der Waals surface area contributed by atoms with Crippen molar-refractivity contribution in [1.82, 2.24) is 4.98 Å². The topological polar surface area (TPSA) is 30.0 Å². The predicted molar refractivity (Wildman–Crippen MR) is 51.3 cm³/mol. The van der Waals surface area contributed by atoms with E-state index in [1.807, 2.05) is 0 Å². The van der Waals surface area contributed by atoms with Crippen LogP contribution in [0.1, 0.15) is 46.1 Å². The molecule has 1 aliphatic carbocycles. The molecule has 1 aromatic heterocycles. The first-order valence-electron chi connectivity index (χ1n) is 4.97. The van der Waals surface area contributed by atoms with Crippen LogP contribution in [-0.2, 0) is 6.18 Å². The number of hydrogen-bond donors (Lipinski definition) is 0. The number of hydrogen-bond acceptors (Lipinski definition) is 2. The molecule has 1 aromatic rings. The zero-order valence-corrected chi connectivity index (χ0v) is 8.64. The van der Waals surface area contributed by atoms with Crippen LogP contribution in [0.15, 0.2) is 6.07 Å². The molecule has 1 heterocycles. The van der Waals surface area contributed by atoms with Crippen molar-refractivity contribution in [2.45, 2.75) is 31.9 Å². The van der Waals surface area contributed by atoms with Gasteiger partial charge in [-0.2, -0.15) is 13.2 Å². The molecule has 86 valence electrons. The number of rotatable bonds is 2. The Bertz CT molecular complexity index is 436. The van der Waals surface area contributed by atoms with Gasteiger partial charge in [0.05, 0.1) is 11.3 Å². The molecular formula is C11H10F3NO. The van der Waals surface area contributed by atoms with Crippen molar-refractivity contribution in [3.8, 4) is 0 Å². The van der Waals surface area contributed by atoms with Crippen molar-refractivity contribution in [2.75, 3.05) is 0 Å². The average Bonchev–Trinajstić information content (AvgIpc) is 2.98. The van der Waals surface area contributed by atoms with E-state index < -0.39 is 11.7 Å². The molecule has 0 radical (unpaired) electrons. The summed E-state index contributed by atoms with van der Waals surface area (Å²) in [6.07, 6.45) is -2.60. The van der Waals surface area contributed by atoms with Gasteiger partial charge in [0.1, 0.15) is 0 Å². The minimum Gasteiger partial charge on any atom is -0.298 e. The maximum absolute atomic E-state index is 12.7. The zero-order chi connectivity index (χ0) is 11.9. The van der Waals surface area contributed by atoms with Gasteiger partial charge in [0.25, 0.3) is 0 Å². The summed E-state index contributed by atoms with van der Waals surface area (Å²) in [6.45, 7) is 1.51. The van der Waals surface area contributed by atoms with Crippen molar-refractivity contribution in [2.24, 2.45) is 0 Å². The number of alkyl halides is 3. The van der Waals surface area contributed by atoms with E-state index >= 15 is 0 Å². The summed E-state index contributed by atoms with van der Waals surface area (Å²) in [6, 6.07) is 0.926. The van der Waals surface area contributed by atoms with Crippen LogP contribution in [0.25, 0.3) is 0 Å². The molecule has 2 rings (SSSR count). The van der Waals surface area contributed by atoms with Crippen LogP contribution in [0, 0.1) is 6.92 Å². The number of carbonyl (C=O) groups excluding carboxylic acids is 1. The minimum absolute atomic E-state index is 0.0289. The Morgan fingerprint density at radius 1 is 1.44 bits per heavy atom. The van der Waals surface area contributed by atoms with Crippen LogP contribution < -0.4 is 0 Å². The highest BCUT2D eigenvalue weighted by atomic mass is 19.4. The molecule has 5 heteroatoms. The maximum atomic E-state index is 12.7. The summed E-state index contributed by atoms with van der Waals surface area (Å²) in [7, 11) is 0. The fourth-order valence-corrected chi connectivity index (χ4v) is 1.73. The van der Waals surface area contributed by atoms with E-state index in [0.717, 1.165) is 18.9 Å². The molecule has 0 spiro atoms. The molecule has 0 amide bonds. The van der Waals surface area contributed by atoms with Gasteiger partial charge in [0, 0.05) is 17.2 Å². The molecule has 1 aliphatic rings. The number of aryl methyl sites for hydroxylation is 1. The molecule has 0 N–H and O–H groups in total. The maximum Gasteiger partial charge on any atom is 0.417 e. The van der Waals surface area contributed by atoms with E-state index in [1.54, 1.807) is 0 Å². The lowest BCUT2D eigenvalue weighted by Gasteiger charge is -2.13. The van der Waals surface area contributed by atoms with Crippen LogP contribution in [0.5, 0.6) is 0 Å². The summed E-state index contributed by atoms with van der Waals surface area (Å²) in [5.74, 6) is 0.0289. The summed E-state index contributed by atoms with van der Waals surface area (Å²) in [4.78, 5) is 14.8. The van der Waals surface area contributed by atoms with Crippen molar-refractivity contribution in [3.05, 3.63) is 28.6 Å². The highest BCUT2D eigenvalue weighted by molar-refractivity contribution is 5.80. The Morgan fingerprint density at radius 2 is 2.06 bits per heavy atom. The lowest BCUT2D eigenvalue weighted by Crippen LogP contribution is -2.13. The Hall–Kier alpha value is -1.39. The third-order valence-electron chi connectivity index (χ3n) is 2.60. The number of halogens is 3. The molecule has 0 atom stereocenters. The Balaban J connectivity index is 2.62. The highest BCUT2D eigenvalue weighted by Gasteiger charge is 2.38. The van der Waals surface area contributed by atoms with Crippen molar-refractivity contribution in [3.63, 3.8) is 0 Å². The smallest absolute Gasteiger partial charge is 0.298 e. The monoisotopic (exact) mass is 229 g/mol. The van der Waals surface area contributed by atoms with Crippen LogP contribution in [0.3, 0.4) is 0 Å². The van der Waals surface area contributed by atoms with E-state index in [1.165, 1.54) is 6.92 Å². The summed E-state index contributed by atoms with van der Waals surface area (Å²) >= 11 is 0. The molecule has 0 aliphatic heterocycles. The van der Waals surface area contributed by atoms with Gasteiger partial charge < -0.3 is 0 Å². The lowest BCUT2D eigenvalue weighted by atomic mass is 10.0. The first-order chi connectivity index (χ1) is 7.43. The van der Waals surface area contributed by atoms with Crippen molar-refractivity contribution < 1.29 is 18.0 Å². The molecule has 0 saturated heterocycles. The summed E-state index contributed by atoms with van der Waals surface area (Å²) in [5.41, 5.74) is -0.542. The lowest BCUT2D eigenvalue weighted by molar-refractivity contribution is -0.138. The van der Waals surface area contributed by atoms with Gasteiger partial charge in [-0.15, -0.1) is 0 Å². The highest BCUT2D eigenvalue weighted by Crippen LogP contribution is 2.43.